The Kier molecular flexibility index (Phi) is 6.14. The standard InChI is InChI=1S/C13H13ClFNO4/c1-20-13(19)11(7-17)16-12(18)5-3-8-2-4-10(15)9(14)6-8/h2-6,11,17H,7H2,1H3,(H,16,18)/b5-3+/t11-/m1/s1. The van der Waals surface area contributed by atoms with Gasteiger partial charge < -0.3 is 15.2 Å². The Bertz CT molecular complexity index is 533. The molecule has 7 heteroatoms. The van der Waals surface area contributed by atoms with Crippen LogP contribution in [0.15, 0.2) is 24.3 Å². The summed E-state index contributed by atoms with van der Waals surface area (Å²) in [5.74, 6) is -1.91. The molecule has 1 atom stereocenters. The maximum atomic E-state index is 12.9. The van der Waals surface area contributed by atoms with Gasteiger partial charge in [0.2, 0.25) is 5.91 Å². The zero-order chi connectivity index (χ0) is 15.1. The second-order valence-electron chi connectivity index (χ2n) is 3.77. The molecule has 0 aliphatic carbocycles. The second-order valence-corrected chi connectivity index (χ2v) is 4.18. The number of rotatable bonds is 5. The van der Waals surface area contributed by atoms with Gasteiger partial charge in [-0.1, -0.05) is 17.7 Å². The second kappa shape index (κ2) is 7.62. The number of carbonyl (C=O) groups excluding carboxylic acids is 2. The minimum atomic E-state index is -1.13. The van der Waals surface area contributed by atoms with Crippen molar-refractivity contribution in [1.29, 1.82) is 0 Å². The lowest BCUT2D eigenvalue weighted by Gasteiger charge is -2.11. The van der Waals surface area contributed by atoms with E-state index in [2.05, 4.69) is 10.1 Å². The fourth-order valence-corrected chi connectivity index (χ4v) is 1.52. The summed E-state index contributed by atoms with van der Waals surface area (Å²) in [6, 6.07) is 2.83. The van der Waals surface area contributed by atoms with Crippen LogP contribution in [-0.4, -0.2) is 36.7 Å². The van der Waals surface area contributed by atoms with Crippen molar-refractivity contribution in [2.24, 2.45) is 0 Å². The van der Waals surface area contributed by atoms with Crippen molar-refractivity contribution < 1.29 is 23.8 Å². The van der Waals surface area contributed by atoms with Crippen LogP contribution in [0.2, 0.25) is 5.02 Å². The first-order valence-corrected chi connectivity index (χ1v) is 5.98. The van der Waals surface area contributed by atoms with E-state index in [0.717, 1.165) is 13.2 Å². The van der Waals surface area contributed by atoms with Crippen molar-refractivity contribution in [3.05, 3.63) is 40.7 Å². The van der Waals surface area contributed by atoms with E-state index in [0.29, 0.717) is 5.56 Å². The van der Waals surface area contributed by atoms with Crippen LogP contribution in [0.25, 0.3) is 6.08 Å². The fraction of sp³-hybridized carbons (Fsp3) is 0.231. The zero-order valence-corrected chi connectivity index (χ0v) is 11.4. The van der Waals surface area contributed by atoms with Crippen molar-refractivity contribution in [1.82, 2.24) is 5.32 Å². The summed E-state index contributed by atoms with van der Waals surface area (Å²) in [5.41, 5.74) is 0.519. The number of carbonyl (C=O) groups is 2. The van der Waals surface area contributed by atoms with Gasteiger partial charge in [0.15, 0.2) is 6.04 Å². The number of methoxy groups -OCH3 is 1. The Morgan fingerprint density at radius 3 is 2.80 bits per heavy atom. The number of hydrogen-bond acceptors (Lipinski definition) is 4. The summed E-state index contributed by atoms with van der Waals surface area (Å²) in [7, 11) is 1.15. The fourth-order valence-electron chi connectivity index (χ4n) is 1.33. The highest BCUT2D eigenvalue weighted by Gasteiger charge is 2.18. The molecule has 1 rings (SSSR count). The number of halogens is 2. The minimum absolute atomic E-state index is 0.0599. The molecule has 0 aliphatic rings. The van der Waals surface area contributed by atoms with E-state index in [9.17, 15) is 14.0 Å². The molecule has 0 saturated heterocycles. The number of esters is 1. The molecule has 0 heterocycles. The Hall–Kier alpha value is -1.92. The van der Waals surface area contributed by atoms with E-state index < -0.39 is 30.3 Å². The largest absolute Gasteiger partial charge is 0.467 e. The summed E-state index contributed by atoms with van der Waals surface area (Å²) < 4.78 is 17.3. The third kappa shape index (κ3) is 4.64. The number of aliphatic hydroxyl groups excluding tert-OH is 1. The average molecular weight is 302 g/mol. The number of benzene rings is 1. The Labute approximate surface area is 120 Å². The lowest BCUT2D eigenvalue weighted by molar-refractivity contribution is -0.145. The molecule has 0 saturated carbocycles. The number of amides is 1. The van der Waals surface area contributed by atoms with Crippen LogP contribution < -0.4 is 5.32 Å². The molecule has 0 bridgehead atoms. The number of nitrogens with one attached hydrogen (secondary N) is 1. The molecule has 108 valence electrons. The number of ether oxygens (including phenoxy) is 1. The first-order chi connectivity index (χ1) is 9.47. The predicted octanol–water partition coefficient (Wildman–Crippen LogP) is 1.14. The normalized spacial score (nSPS) is 12.2. The molecule has 0 aliphatic heterocycles. The molecule has 1 amide bonds. The third-order valence-corrected chi connectivity index (χ3v) is 2.65. The lowest BCUT2D eigenvalue weighted by atomic mass is 10.2. The molecule has 2 N–H and O–H groups in total. The molecule has 0 radical (unpaired) electrons. The number of aliphatic hydroxyl groups is 1. The van der Waals surface area contributed by atoms with Gasteiger partial charge in [0.05, 0.1) is 18.7 Å². The van der Waals surface area contributed by atoms with Gasteiger partial charge in [0.25, 0.3) is 0 Å². The zero-order valence-electron chi connectivity index (χ0n) is 10.6. The molecule has 20 heavy (non-hydrogen) atoms. The Morgan fingerprint density at radius 1 is 1.55 bits per heavy atom. The average Bonchev–Trinajstić information content (AvgIpc) is 2.45. The summed E-state index contributed by atoms with van der Waals surface area (Å²) in [5, 5.41) is 11.1. The van der Waals surface area contributed by atoms with Crippen LogP contribution in [0.3, 0.4) is 0 Å². The molecule has 0 aromatic heterocycles. The van der Waals surface area contributed by atoms with Gasteiger partial charge >= 0.3 is 5.97 Å². The van der Waals surface area contributed by atoms with Gasteiger partial charge in [-0.05, 0) is 23.8 Å². The van der Waals surface area contributed by atoms with Crippen LogP contribution in [0.5, 0.6) is 0 Å². The van der Waals surface area contributed by atoms with E-state index >= 15 is 0 Å². The van der Waals surface area contributed by atoms with Crippen molar-refractivity contribution in [2.75, 3.05) is 13.7 Å². The summed E-state index contributed by atoms with van der Waals surface area (Å²) in [6.07, 6.45) is 2.53. The number of hydrogen-bond donors (Lipinski definition) is 2. The first kappa shape index (κ1) is 16.1. The molecule has 1 aromatic carbocycles. The van der Waals surface area contributed by atoms with Crippen LogP contribution in [0, 0.1) is 5.82 Å². The van der Waals surface area contributed by atoms with E-state index in [1.165, 1.54) is 24.3 Å². The lowest BCUT2D eigenvalue weighted by Crippen LogP contribution is -2.43. The molecule has 0 unspecified atom stereocenters. The Balaban J connectivity index is 2.67. The highest BCUT2D eigenvalue weighted by Crippen LogP contribution is 2.16. The van der Waals surface area contributed by atoms with Crippen molar-refractivity contribution in [2.45, 2.75) is 6.04 Å². The minimum Gasteiger partial charge on any atom is -0.467 e. The maximum Gasteiger partial charge on any atom is 0.330 e. The van der Waals surface area contributed by atoms with E-state index in [1.54, 1.807) is 0 Å². The summed E-state index contributed by atoms with van der Waals surface area (Å²) in [6.45, 7) is -0.575. The summed E-state index contributed by atoms with van der Waals surface area (Å²) >= 11 is 5.59. The monoisotopic (exact) mass is 301 g/mol. The molecule has 0 spiro atoms. The van der Waals surface area contributed by atoms with Crippen molar-refractivity contribution >= 4 is 29.6 Å². The molecule has 1 aromatic rings. The van der Waals surface area contributed by atoms with Gasteiger partial charge in [0, 0.05) is 6.08 Å². The van der Waals surface area contributed by atoms with Gasteiger partial charge in [-0.15, -0.1) is 0 Å². The van der Waals surface area contributed by atoms with Gasteiger partial charge in [0.1, 0.15) is 5.82 Å². The van der Waals surface area contributed by atoms with Gasteiger partial charge in [-0.25, -0.2) is 9.18 Å². The van der Waals surface area contributed by atoms with Gasteiger partial charge in [-0.2, -0.15) is 0 Å². The third-order valence-electron chi connectivity index (χ3n) is 2.36. The van der Waals surface area contributed by atoms with Crippen LogP contribution in [0.4, 0.5) is 4.39 Å². The van der Waals surface area contributed by atoms with Crippen LogP contribution in [-0.2, 0) is 14.3 Å². The van der Waals surface area contributed by atoms with E-state index in [1.807, 2.05) is 0 Å². The van der Waals surface area contributed by atoms with E-state index in [-0.39, 0.29) is 5.02 Å². The smallest absolute Gasteiger partial charge is 0.330 e. The summed E-state index contributed by atoms with van der Waals surface area (Å²) in [4.78, 5) is 22.7. The Morgan fingerprint density at radius 2 is 2.25 bits per heavy atom. The predicted molar refractivity (Wildman–Crippen MR) is 71.5 cm³/mol. The molecular weight excluding hydrogens is 289 g/mol. The molecule has 5 nitrogen and oxygen atoms in total. The topological polar surface area (TPSA) is 75.6 Å². The maximum absolute atomic E-state index is 12.9. The van der Waals surface area contributed by atoms with Crippen molar-refractivity contribution in [3.8, 4) is 0 Å². The van der Waals surface area contributed by atoms with Crippen LogP contribution >= 0.6 is 11.6 Å². The first-order valence-electron chi connectivity index (χ1n) is 5.60. The van der Waals surface area contributed by atoms with Crippen LogP contribution in [0.1, 0.15) is 5.56 Å². The molecule has 0 fully saturated rings. The molecular formula is C13H13ClFNO4. The highest BCUT2D eigenvalue weighted by atomic mass is 35.5. The SMILES string of the molecule is COC(=O)[C@@H](CO)NC(=O)/C=C/c1ccc(F)c(Cl)c1. The highest BCUT2D eigenvalue weighted by molar-refractivity contribution is 6.30. The van der Waals surface area contributed by atoms with E-state index in [4.69, 9.17) is 16.7 Å². The van der Waals surface area contributed by atoms with Crippen molar-refractivity contribution in [3.63, 3.8) is 0 Å². The van der Waals surface area contributed by atoms with Gasteiger partial charge in [-0.3, -0.25) is 4.79 Å². The quantitative estimate of drug-likeness (QED) is 0.632.